The van der Waals surface area contributed by atoms with E-state index in [2.05, 4.69) is 10.2 Å². The fourth-order valence-electron chi connectivity index (χ4n) is 5.04. The number of hydrogen-bond acceptors (Lipinski definition) is 7. The molecule has 3 N–H and O–H groups in total. The predicted molar refractivity (Wildman–Crippen MR) is 130 cm³/mol. The molecule has 2 aliphatic heterocycles. The van der Waals surface area contributed by atoms with Crippen LogP contribution in [0, 0.1) is 0 Å². The van der Waals surface area contributed by atoms with Gasteiger partial charge in [0.1, 0.15) is 5.69 Å². The van der Waals surface area contributed by atoms with Crippen molar-refractivity contribution in [2.45, 2.75) is 12.8 Å². The first-order valence-electron chi connectivity index (χ1n) is 11.6. The predicted octanol–water partition coefficient (Wildman–Crippen LogP) is 2.72. The van der Waals surface area contributed by atoms with Gasteiger partial charge in [-0.05, 0) is 31.0 Å². The average Bonchev–Trinajstić information content (AvgIpc) is 3.66. The van der Waals surface area contributed by atoms with Crippen LogP contribution in [0.5, 0.6) is 0 Å². The summed E-state index contributed by atoms with van der Waals surface area (Å²) < 4.78 is 5.41. The number of ketones is 1. The SMILES string of the molecule is NC(=O)N(c1cccc2c1C(=O)c1c-2n[nH]c1-c1ccc(C(=O)N2CCCC2)s1)N1CCOCC1. The number of H-pyrrole nitrogens is 1. The van der Waals surface area contributed by atoms with Gasteiger partial charge in [-0.1, -0.05) is 12.1 Å². The Morgan fingerprint density at radius 1 is 1.06 bits per heavy atom. The van der Waals surface area contributed by atoms with Crippen LogP contribution < -0.4 is 10.7 Å². The molecule has 0 saturated carbocycles. The Balaban J connectivity index is 1.37. The van der Waals surface area contributed by atoms with Crippen LogP contribution in [0.25, 0.3) is 21.8 Å². The van der Waals surface area contributed by atoms with Crippen LogP contribution in [0.2, 0.25) is 0 Å². The maximum Gasteiger partial charge on any atom is 0.334 e. The van der Waals surface area contributed by atoms with E-state index in [-0.39, 0.29) is 11.7 Å². The van der Waals surface area contributed by atoms with Gasteiger partial charge in [0, 0.05) is 31.7 Å². The maximum absolute atomic E-state index is 13.8. The molecule has 10 nitrogen and oxygen atoms in total. The average molecular weight is 493 g/mol. The van der Waals surface area contributed by atoms with Crippen molar-refractivity contribution in [3.05, 3.63) is 46.3 Å². The number of carbonyl (C=O) groups excluding carboxylic acids is 3. The van der Waals surface area contributed by atoms with Gasteiger partial charge in [-0.25, -0.2) is 14.8 Å². The first kappa shape index (κ1) is 22.0. The van der Waals surface area contributed by atoms with E-state index in [1.807, 2.05) is 17.0 Å². The number of thiophene rings is 1. The lowest BCUT2D eigenvalue weighted by molar-refractivity contribution is 0.0364. The van der Waals surface area contributed by atoms with Crippen LogP contribution in [-0.4, -0.2) is 77.2 Å². The molecule has 2 fully saturated rings. The summed E-state index contributed by atoms with van der Waals surface area (Å²) in [5, 5.41) is 10.6. The largest absolute Gasteiger partial charge is 0.379 e. The number of primary amides is 1. The quantitative estimate of drug-likeness (QED) is 0.451. The Hall–Kier alpha value is -3.54. The molecule has 1 aromatic carbocycles. The molecule has 3 aliphatic rings. The number of aromatic nitrogens is 2. The molecule has 0 radical (unpaired) electrons. The number of nitrogens with one attached hydrogen (secondary N) is 1. The van der Waals surface area contributed by atoms with Crippen molar-refractivity contribution in [1.29, 1.82) is 0 Å². The number of hydrazine groups is 1. The fraction of sp³-hybridized carbons (Fsp3) is 0.333. The molecule has 0 atom stereocenters. The minimum atomic E-state index is -0.664. The number of hydrogen-bond donors (Lipinski definition) is 2. The van der Waals surface area contributed by atoms with Crippen molar-refractivity contribution in [1.82, 2.24) is 20.1 Å². The van der Waals surface area contributed by atoms with Crippen molar-refractivity contribution < 1.29 is 19.1 Å². The lowest BCUT2D eigenvalue weighted by atomic mass is 10.1. The number of rotatable bonds is 4. The van der Waals surface area contributed by atoms with Gasteiger partial charge in [-0.3, -0.25) is 14.7 Å². The van der Waals surface area contributed by atoms with Gasteiger partial charge in [0.2, 0.25) is 0 Å². The van der Waals surface area contributed by atoms with Gasteiger partial charge in [-0.2, -0.15) is 5.10 Å². The van der Waals surface area contributed by atoms with Crippen LogP contribution in [0.15, 0.2) is 30.3 Å². The number of ether oxygens (including phenoxy) is 1. The molecule has 35 heavy (non-hydrogen) atoms. The maximum atomic E-state index is 13.8. The van der Waals surface area contributed by atoms with E-state index in [1.54, 1.807) is 23.2 Å². The molecule has 6 rings (SSSR count). The molecule has 1 aliphatic carbocycles. The molecule has 11 heteroatoms. The molecular weight excluding hydrogens is 468 g/mol. The third kappa shape index (κ3) is 3.54. The minimum Gasteiger partial charge on any atom is -0.379 e. The Kier molecular flexibility index (Phi) is 5.39. The van der Waals surface area contributed by atoms with E-state index in [0.29, 0.717) is 64.9 Å². The first-order chi connectivity index (χ1) is 17.0. The Morgan fingerprint density at radius 2 is 1.83 bits per heavy atom. The van der Waals surface area contributed by atoms with E-state index in [4.69, 9.17) is 10.5 Å². The highest BCUT2D eigenvalue weighted by Gasteiger charge is 2.38. The summed E-state index contributed by atoms with van der Waals surface area (Å²) in [5.41, 5.74) is 8.80. The van der Waals surface area contributed by atoms with E-state index in [0.717, 1.165) is 30.8 Å². The van der Waals surface area contributed by atoms with E-state index < -0.39 is 6.03 Å². The number of fused-ring (bicyclic) bond motifs is 3. The van der Waals surface area contributed by atoms with E-state index >= 15 is 0 Å². The number of nitrogens with zero attached hydrogens (tertiary/aromatic N) is 4. The molecule has 3 aromatic rings. The van der Waals surface area contributed by atoms with Crippen molar-refractivity contribution in [3.63, 3.8) is 0 Å². The molecule has 2 aromatic heterocycles. The smallest absolute Gasteiger partial charge is 0.334 e. The third-order valence-corrected chi connectivity index (χ3v) is 7.77. The molecule has 3 amide bonds. The molecule has 0 spiro atoms. The highest BCUT2D eigenvalue weighted by molar-refractivity contribution is 7.17. The number of amides is 3. The third-order valence-electron chi connectivity index (χ3n) is 6.68. The summed E-state index contributed by atoms with van der Waals surface area (Å²) >= 11 is 1.35. The fourth-order valence-corrected chi connectivity index (χ4v) is 6.02. The Labute approximate surface area is 205 Å². The molecule has 0 unspecified atom stereocenters. The number of urea groups is 1. The van der Waals surface area contributed by atoms with Crippen LogP contribution in [-0.2, 0) is 4.74 Å². The second-order valence-electron chi connectivity index (χ2n) is 8.73. The van der Waals surface area contributed by atoms with Gasteiger partial charge in [-0.15, -0.1) is 11.3 Å². The zero-order chi connectivity index (χ0) is 24.1. The summed E-state index contributed by atoms with van der Waals surface area (Å²) in [6.45, 7) is 3.47. The van der Waals surface area contributed by atoms with Crippen LogP contribution >= 0.6 is 11.3 Å². The zero-order valence-corrected chi connectivity index (χ0v) is 19.8. The van der Waals surface area contributed by atoms with Crippen molar-refractivity contribution in [3.8, 4) is 21.8 Å². The standard InChI is InChI=1S/C24H24N6O4S/c25-24(33)30(29-10-12-34-13-11-29)15-5-3-4-14-18(15)22(31)19-20(14)26-27-21(19)16-6-7-17(35-16)23(32)28-8-1-2-9-28/h3-7H,1-2,8-13H2,(H2,25,33)(H,26,27). The summed E-state index contributed by atoms with van der Waals surface area (Å²) in [7, 11) is 0. The normalized spacial score (nSPS) is 17.5. The van der Waals surface area contributed by atoms with Crippen LogP contribution in [0.4, 0.5) is 10.5 Å². The second kappa shape index (κ2) is 8.59. The monoisotopic (exact) mass is 492 g/mol. The van der Waals surface area contributed by atoms with Gasteiger partial charge in [0.15, 0.2) is 5.78 Å². The van der Waals surface area contributed by atoms with Gasteiger partial charge in [0.25, 0.3) is 5.91 Å². The summed E-state index contributed by atoms with van der Waals surface area (Å²) in [4.78, 5) is 42.3. The number of carbonyl (C=O) groups is 3. The molecule has 4 heterocycles. The van der Waals surface area contributed by atoms with E-state index in [9.17, 15) is 14.4 Å². The van der Waals surface area contributed by atoms with Crippen molar-refractivity contribution >= 4 is 34.7 Å². The summed E-state index contributed by atoms with van der Waals surface area (Å²) in [5.74, 6) is -0.205. The highest BCUT2D eigenvalue weighted by Crippen LogP contribution is 2.45. The number of benzene rings is 1. The summed E-state index contributed by atoms with van der Waals surface area (Å²) in [6, 6.07) is 8.33. The van der Waals surface area contributed by atoms with Crippen molar-refractivity contribution in [2.24, 2.45) is 5.73 Å². The lowest BCUT2D eigenvalue weighted by Crippen LogP contribution is -2.54. The molecule has 180 valence electrons. The number of likely N-dealkylation sites (tertiary alicyclic amines) is 1. The number of morpholine rings is 1. The van der Waals surface area contributed by atoms with Crippen LogP contribution in [0.3, 0.4) is 0 Å². The number of aromatic amines is 1. The van der Waals surface area contributed by atoms with Gasteiger partial charge in [0.05, 0.1) is 45.5 Å². The van der Waals surface area contributed by atoms with E-state index in [1.165, 1.54) is 16.3 Å². The lowest BCUT2D eigenvalue weighted by Gasteiger charge is -2.36. The molecule has 0 bridgehead atoms. The molecular formula is C24H24N6O4S. The summed E-state index contributed by atoms with van der Waals surface area (Å²) in [6.07, 6.45) is 2.06. The second-order valence-corrected chi connectivity index (χ2v) is 9.81. The molecule has 2 saturated heterocycles. The van der Waals surface area contributed by atoms with Gasteiger partial charge < -0.3 is 15.4 Å². The first-order valence-corrected chi connectivity index (χ1v) is 12.4. The zero-order valence-electron chi connectivity index (χ0n) is 19.0. The number of anilines is 1. The van der Waals surface area contributed by atoms with Gasteiger partial charge >= 0.3 is 6.03 Å². The van der Waals surface area contributed by atoms with Crippen molar-refractivity contribution in [2.75, 3.05) is 44.4 Å². The Morgan fingerprint density at radius 3 is 2.57 bits per heavy atom. The minimum absolute atomic E-state index is 0.0226. The highest BCUT2D eigenvalue weighted by atomic mass is 32.1. The van der Waals surface area contributed by atoms with Crippen LogP contribution in [0.1, 0.15) is 38.4 Å². The topological polar surface area (TPSA) is 125 Å². The number of nitrogens with two attached hydrogens (primary N) is 1. The Bertz CT molecular complexity index is 1340.